The molecular formula is C10H12N2OS2. The zero-order valence-electron chi connectivity index (χ0n) is 8.65. The molecule has 0 N–H and O–H groups in total. The van der Waals surface area contributed by atoms with Crippen molar-refractivity contribution in [3.63, 3.8) is 0 Å². The Morgan fingerprint density at radius 1 is 1.53 bits per heavy atom. The third-order valence-electron chi connectivity index (χ3n) is 2.50. The van der Waals surface area contributed by atoms with Gasteiger partial charge in [-0.1, -0.05) is 0 Å². The fourth-order valence-corrected chi connectivity index (χ4v) is 2.74. The number of fused-ring (bicyclic) bond motifs is 1. The molecule has 5 heteroatoms. The third kappa shape index (κ3) is 1.70. The number of nitrogens with zero attached hydrogens (tertiary/aromatic N) is 2. The largest absolute Gasteiger partial charge is 0.298 e. The summed E-state index contributed by atoms with van der Waals surface area (Å²) in [5.74, 6) is 0.648. The van der Waals surface area contributed by atoms with E-state index in [1.54, 1.807) is 22.2 Å². The first-order valence-electron chi connectivity index (χ1n) is 4.71. The monoisotopic (exact) mass is 240 g/mol. The lowest BCUT2D eigenvalue weighted by Gasteiger charge is -2.01. The summed E-state index contributed by atoms with van der Waals surface area (Å²) in [6.07, 6.45) is 1.61. The average Bonchev–Trinajstić information content (AvgIpc) is 2.49. The summed E-state index contributed by atoms with van der Waals surface area (Å²) in [5.41, 5.74) is 1.11. The van der Waals surface area contributed by atoms with E-state index in [4.69, 9.17) is 0 Å². The Morgan fingerprint density at radius 3 is 2.93 bits per heavy atom. The van der Waals surface area contributed by atoms with Gasteiger partial charge in [-0.25, -0.2) is 4.98 Å². The molecule has 2 rings (SSSR count). The standard InChI is InChI=1S/C10H12N2OS2/c1-6-7(2)15-9-8(6)10(13)12(3-4-14)5-11-9/h5,14H,3-4H2,1-2H3. The summed E-state index contributed by atoms with van der Waals surface area (Å²) in [6, 6.07) is 0. The van der Waals surface area contributed by atoms with Gasteiger partial charge < -0.3 is 0 Å². The van der Waals surface area contributed by atoms with E-state index >= 15 is 0 Å². The van der Waals surface area contributed by atoms with Crippen molar-refractivity contribution in [1.82, 2.24) is 9.55 Å². The minimum atomic E-state index is 0.0518. The van der Waals surface area contributed by atoms with Crippen molar-refractivity contribution in [3.8, 4) is 0 Å². The van der Waals surface area contributed by atoms with Crippen LogP contribution < -0.4 is 5.56 Å². The van der Waals surface area contributed by atoms with Crippen LogP contribution in [-0.2, 0) is 6.54 Å². The molecule has 2 aromatic heterocycles. The van der Waals surface area contributed by atoms with Crippen molar-refractivity contribution in [2.24, 2.45) is 0 Å². The SMILES string of the molecule is Cc1sc2ncn(CCS)c(=O)c2c1C. The predicted octanol–water partition coefficient (Wildman–Crippen LogP) is 2.00. The highest BCUT2D eigenvalue weighted by Crippen LogP contribution is 2.25. The lowest BCUT2D eigenvalue weighted by Crippen LogP contribution is -2.21. The number of thiol groups is 1. The van der Waals surface area contributed by atoms with E-state index in [1.807, 2.05) is 13.8 Å². The highest BCUT2D eigenvalue weighted by atomic mass is 32.1. The van der Waals surface area contributed by atoms with Gasteiger partial charge in [0, 0.05) is 17.2 Å². The van der Waals surface area contributed by atoms with Gasteiger partial charge in [0.2, 0.25) is 0 Å². The highest BCUT2D eigenvalue weighted by Gasteiger charge is 2.11. The van der Waals surface area contributed by atoms with Crippen molar-refractivity contribution >= 4 is 34.2 Å². The van der Waals surface area contributed by atoms with E-state index in [1.165, 1.54) is 4.88 Å². The number of rotatable bonds is 2. The predicted molar refractivity (Wildman–Crippen MR) is 67.2 cm³/mol. The Morgan fingerprint density at radius 2 is 2.27 bits per heavy atom. The summed E-state index contributed by atoms with van der Waals surface area (Å²) in [7, 11) is 0. The molecule has 15 heavy (non-hydrogen) atoms. The van der Waals surface area contributed by atoms with Gasteiger partial charge in [-0.05, 0) is 19.4 Å². The number of hydrogen-bond acceptors (Lipinski definition) is 4. The van der Waals surface area contributed by atoms with Crippen molar-refractivity contribution in [2.75, 3.05) is 5.75 Å². The molecule has 0 amide bonds. The lowest BCUT2D eigenvalue weighted by molar-refractivity contribution is 0.727. The first-order valence-corrected chi connectivity index (χ1v) is 6.16. The molecule has 0 aliphatic carbocycles. The van der Waals surface area contributed by atoms with E-state index in [0.717, 1.165) is 15.8 Å². The molecule has 3 nitrogen and oxygen atoms in total. The number of thiophene rings is 1. The van der Waals surface area contributed by atoms with E-state index in [2.05, 4.69) is 17.6 Å². The van der Waals surface area contributed by atoms with Crippen molar-refractivity contribution < 1.29 is 0 Å². The Bertz CT molecular complexity index is 556. The van der Waals surface area contributed by atoms with E-state index in [9.17, 15) is 4.79 Å². The van der Waals surface area contributed by atoms with Crippen LogP contribution in [0.1, 0.15) is 10.4 Å². The summed E-state index contributed by atoms with van der Waals surface area (Å²) < 4.78 is 1.62. The minimum absolute atomic E-state index is 0.0518. The second-order valence-corrected chi connectivity index (χ2v) is 5.08. The van der Waals surface area contributed by atoms with E-state index < -0.39 is 0 Å². The molecule has 0 aliphatic heterocycles. The van der Waals surface area contributed by atoms with Crippen LogP contribution in [0, 0.1) is 13.8 Å². The molecule has 0 fully saturated rings. The first kappa shape index (κ1) is 10.7. The topological polar surface area (TPSA) is 34.9 Å². The highest BCUT2D eigenvalue weighted by molar-refractivity contribution is 7.80. The molecule has 0 saturated carbocycles. The van der Waals surface area contributed by atoms with Crippen LogP contribution in [0.5, 0.6) is 0 Å². The Hall–Kier alpha value is -0.810. The number of aryl methyl sites for hydroxylation is 3. The molecule has 0 atom stereocenters. The van der Waals surface area contributed by atoms with Crippen molar-refractivity contribution in [3.05, 3.63) is 27.1 Å². The summed E-state index contributed by atoms with van der Waals surface area (Å²) in [6.45, 7) is 4.60. The Balaban J connectivity index is 2.77. The first-order chi connectivity index (χ1) is 7.15. The normalized spacial score (nSPS) is 11.1. The van der Waals surface area contributed by atoms with Gasteiger partial charge in [-0.3, -0.25) is 9.36 Å². The zero-order valence-corrected chi connectivity index (χ0v) is 10.4. The van der Waals surface area contributed by atoms with Crippen LogP contribution in [0.2, 0.25) is 0 Å². The number of aromatic nitrogens is 2. The van der Waals surface area contributed by atoms with Gasteiger partial charge in [0.1, 0.15) is 4.83 Å². The summed E-state index contributed by atoms with van der Waals surface area (Å²) in [4.78, 5) is 18.3. The lowest BCUT2D eigenvalue weighted by atomic mass is 10.2. The van der Waals surface area contributed by atoms with E-state index in [0.29, 0.717) is 12.3 Å². The fourth-order valence-electron chi connectivity index (χ4n) is 1.54. The molecule has 80 valence electrons. The number of hydrogen-bond donors (Lipinski definition) is 1. The van der Waals surface area contributed by atoms with Gasteiger partial charge in [-0.15, -0.1) is 11.3 Å². The molecule has 0 radical (unpaired) electrons. The molecular weight excluding hydrogens is 228 g/mol. The zero-order chi connectivity index (χ0) is 11.0. The van der Waals surface area contributed by atoms with Crippen molar-refractivity contribution in [2.45, 2.75) is 20.4 Å². The summed E-state index contributed by atoms with van der Waals surface area (Å²) in [5, 5.41) is 0.766. The van der Waals surface area contributed by atoms with Crippen LogP contribution in [0.4, 0.5) is 0 Å². The Kier molecular flexibility index (Phi) is 2.84. The second-order valence-electron chi connectivity index (χ2n) is 3.43. The molecule has 0 aromatic carbocycles. The maximum atomic E-state index is 12.0. The van der Waals surface area contributed by atoms with E-state index in [-0.39, 0.29) is 5.56 Å². The quantitative estimate of drug-likeness (QED) is 0.815. The molecule has 2 aromatic rings. The Labute approximate surface area is 97.2 Å². The minimum Gasteiger partial charge on any atom is -0.298 e. The van der Waals surface area contributed by atoms with Gasteiger partial charge >= 0.3 is 0 Å². The van der Waals surface area contributed by atoms with Crippen LogP contribution in [0.15, 0.2) is 11.1 Å². The van der Waals surface area contributed by atoms with Gasteiger partial charge in [0.05, 0.1) is 11.7 Å². The maximum absolute atomic E-state index is 12.0. The molecule has 0 spiro atoms. The van der Waals surface area contributed by atoms with Crippen LogP contribution >= 0.6 is 24.0 Å². The molecule has 0 bridgehead atoms. The van der Waals surface area contributed by atoms with Crippen LogP contribution in [0.3, 0.4) is 0 Å². The van der Waals surface area contributed by atoms with Gasteiger partial charge in [0.25, 0.3) is 5.56 Å². The third-order valence-corrected chi connectivity index (χ3v) is 3.81. The molecule has 0 aliphatic rings. The molecule has 2 heterocycles. The smallest absolute Gasteiger partial charge is 0.262 e. The van der Waals surface area contributed by atoms with Crippen LogP contribution in [0.25, 0.3) is 10.2 Å². The molecule has 0 unspecified atom stereocenters. The fraction of sp³-hybridized carbons (Fsp3) is 0.400. The van der Waals surface area contributed by atoms with Crippen molar-refractivity contribution in [1.29, 1.82) is 0 Å². The summed E-state index contributed by atoms with van der Waals surface area (Å²) >= 11 is 5.70. The van der Waals surface area contributed by atoms with Gasteiger partial charge in [-0.2, -0.15) is 12.6 Å². The average molecular weight is 240 g/mol. The van der Waals surface area contributed by atoms with Gasteiger partial charge in [0.15, 0.2) is 0 Å². The van der Waals surface area contributed by atoms with Crippen LogP contribution in [-0.4, -0.2) is 15.3 Å². The second kappa shape index (κ2) is 3.98. The molecule has 0 saturated heterocycles. The maximum Gasteiger partial charge on any atom is 0.262 e.